The van der Waals surface area contributed by atoms with Gasteiger partial charge in [0.25, 0.3) is 0 Å². The lowest BCUT2D eigenvalue weighted by Crippen LogP contribution is -2.22. The quantitative estimate of drug-likeness (QED) is 0.855. The molecule has 1 atom stereocenters. The van der Waals surface area contributed by atoms with Crippen LogP contribution in [0.1, 0.15) is 23.0 Å². The molecule has 0 radical (unpaired) electrons. The van der Waals surface area contributed by atoms with Crippen molar-refractivity contribution in [3.8, 4) is 0 Å². The van der Waals surface area contributed by atoms with Gasteiger partial charge in [0, 0.05) is 5.56 Å². The first-order chi connectivity index (χ1) is 8.15. The summed E-state index contributed by atoms with van der Waals surface area (Å²) >= 11 is 0. The van der Waals surface area contributed by atoms with Crippen LogP contribution in [0.4, 0.5) is 8.78 Å². The van der Waals surface area contributed by atoms with Gasteiger partial charge in [0.15, 0.2) is 0 Å². The standard InChI is InChI=1S/C11H12F2N4/c1-6-3-4-7(12)8(9(6)13)10(14-2)11-15-5-16-17-11/h3-5,10,14H,1-2H3,(H,15,16,17). The average Bonchev–Trinajstić information content (AvgIpc) is 2.83. The predicted octanol–water partition coefficient (Wildman–Crippen LogP) is 1.70. The van der Waals surface area contributed by atoms with Crippen LogP contribution < -0.4 is 5.32 Å². The molecule has 0 aliphatic rings. The molecule has 0 amide bonds. The van der Waals surface area contributed by atoms with Gasteiger partial charge in [0.2, 0.25) is 0 Å². The minimum Gasteiger partial charge on any atom is -0.307 e. The van der Waals surface area contributed by atoms with Gasteiger partial charge in [-0.2, -0.15) is 5.10 Å². The zero-order valence-electron chi connectivity index (χ0n) is 9.46. The van der Waals surface area contributed by atoms with Crippen molar-refractivity contribution >= 4 is 0 Å². The van der Waals surface area contributed by atoms with Crippen molar-refractivity contribution in [3.05, 3.63) is 47.0 Å². The van der Waals surface area contributed by atoms with Crippen LogP contribution in [-0.2, 0) is 0 Å². The lowest BCUT2D eigenvalue weighted by molar-refractivity contribution is 0.508. The minimum atomic E-state index is -0.683. The molecule has 1 aromatic heterocycles. The van der Waals surface area contributed by atoms with Crippen LogP contribution in [0.2, 0.25) is 0 Å². The molecule has 1 aromatic carbocycles. The number of aromatic nitrogens is 3. The highest BCUT2D eigenvalue weighted by Crippen LogP contribution is 2.26. The van der Waals surface area contributed by atoms with E-state index >= 15 is 0 Å². The highest BCUT2D eigenvalue weighted by atomic mass is 19.1. The van der Waals surface area contributed by atoms with Gasteiger partial charge in [0.1, 0.15) is 23.8 Å². The van der Waals surface area contributed by atoms with E-state index in [0.717, 1.165) is 0 Å². The van der Waals surface area contributed by atoms with Crippen molar-refractivity contribution < 1.29 is 8.78 Å². The van der Waals surface area contributed by atoms with Gasteiger partial charge in [-0.05, 0) is 25.6 Å². The molecule has 0 bridgehead atoms. The Morgan fingerprint density at radius 3 is 2.71 bits per heavy atom. The molecular weight excluding hydrogens is 226 g/mol. The molecule has 1 unspecified atom stereocenters. The highest BCUT2D eigenvalue weighted by Gasteiger charge is 2.23. The number of hydrogen-bond donors (Lipinski definition) is 2. The second kappa shape index (κ2) is 4.58. The first-order valence-corrected chi connectivity index (χ1v) is 5.12. The Hall–Kier alpha value is -1.82. The Bertz CT molecular complexity index is 510. The van der Waals surface area contributed by atoms with Crippen LogP contribution in [-0.4, -0.2) is 22.2 Å². The normalized spacial score (nSPS) is 12.7. The predicted molar refractivity (Wildman–Crippen MR) is 58.4 cm³/mol. The number of hydrogen-bond acceptors (Lipinski definition) is 3. The topological polar surface area (TPSA) is 53.6 Å². The molecule has 0 spiro atoms. The maximum absolute atomic E-state index is 13.9. The largest absolute Gasteiger partial charge is 0.307 e. The second-order valence-electron chi connectivity index (χ2n) is 3.68. The summed E-state index contributed by atoms with van der Waals surface area (Å²) < 4.78 is 27.7. The fraction of sp³-hybridized carbons (Fsp3) is 0.273. The van der Waals surface area contributed by atoms with Crippen LogP contribution in [0.15, 0.2) is 18.5 Å². The SMILES string of the molecule is CNC(c1ncn[nH]1)c1c(F)ccc(C)c1F. The van der Waals surface area contributed by atoms with Crippen molar-refractivity contribution in [2.45, 2.75) is 13.0 Å². The smallest absolute Gasteiger partial charge is 0.146 e. The molecule has 0 aliphatic heterocycles. The molecule has 17 heavy (non-hydrogen) atoms. The van der Waals surface area contributed by atoms with Crippen LogP contribution in [0.25, 0.3) is 0 Å². The van der Waals surface area contributed by atoms with Crippen LogP contribution in [0.5, 0.6) is 0 Å². The van der Waals surface area contributed by atoms with E-state index in [1.165, 1.54) is 18.5 Å². The van der Waals surface area contributed by atoms with Gasteiger partial charge in [-0.25, -0.2) is 13.8 Å². The van der Waals surface area contributed by atoms with E-state index in [9.17, 15) is 8.78 Å². The number of nitrogens with one attached hydrogen (secondary N) is 2. The number of aromatic amines is 1. The first-order valence-electron chi connectivity index (χ1n) is 5.12. The van der Waals surface area contributed by atoms with Crippen molar-refractivity contribution in [1.29, 1.82) is 0 Å². The summed E-state index contributed by atoms with van der Waals surface area (Å²) in [5.41, 5.74) is 0.338. The first kappa shape index (κ1) is 11.7. The van der Waals surface area contributed by atoms with E-state index in [-0.39, 0.29) is 5.56 Å². The summed E-state index contributed by atoms with van der Waals surface area (Å²) in [7, 11) is 1.61. The van der Waals surface area contributed by atoms with Gasteiger partial charge < -0.3 is 5.32 Å². The average molecular weight is 238 g/mol. The van der Waals surface area contributed by atoms with Crippen molar-refractivity contribution in [2.24, 2.45) is 0 Å². The molecule has 6 heteroatoms. The molecule has 0 aliphatic carbocycles. The van der Waals surface area contributed by atoms with Crippen molar-refractivity contribution in [1.82, 2.24) is 20.5 Å². The van der Waals surface area contributed by atoms with Crippen molar-refractivity contribution in [2.75, 3.05) is 7.05 Å². The fourth-order valence-corrected chi connectivity index (χ4v) is 1.71. The van der Waals surface area contributed by atoms with Crippen molar-refractivity contribution in [3.63, 3.8) is 0 Å². The highest BCUT2D eigenvalue weighted by molar-refractivity contribution is 5.32. The number of H-pyrrole nitrogens is 1. The van der Waals surface area contributed by atoms with Gasteiger partial charge >= 0.3 is 0 Å². The molecule has 2 rings (SSSR count). The van der Waals surface area contributed by atoms with E-state index in [4.69, 9.17) is 0 Å². The maximum Gasteiger partial charge on any atom is 0.146 e. The van der Waals surface area contributed by atoms with Crippen LogP contribution in [0, 0.1) is 18.6 Å². The lowest BCUT2D eigenvalue weighted by atomic mass is 10.0. The molecule has 4 nitrogen and oxygen atoms in total. The third-order valence-electron chi connectivity index (χ3n) is 2.60. The van der Waals surface area contributed by atoms with Gasteiger partial charge in [0.05, 0.1) is 6.04 Å². The third-order valence-corrected chi connectivity index (χ3v) is 2.60. The summed E-state index contributed by atoms with van der Waals surface area (Å²) in [6.07, 6.45) is 1.30. The molecule has 0 saturated heterocycles. The summed E-state index contributed by atoms with van der Waals surface area (Å²) in [6.45, 7) is 1.59. The summed E-state index contributed by atoms with van der Waals surface area (Å²) in [6, 6.07) is 1.97. The minimum absolute atomic E-state index is 0.0516. The molecule has 2 N–H and O–H groups in total. The van der Waals surface area contributed by atoms with Crippen LogP contribution >= 0.6 is 0 Å². The van der Waals surface area contributed by atoms with E-state index < -0.39 is 17.7 Å². The lowest BCUT2D eigenvalue weighted by Gasteiger charge is -2.16. The fourth-order valence-electron chi connectivity index (χ4n) is 1.71. The monoisotopic (exact) mass is 238 g/mol. The summed E-state index contributed by atoms with van der Waals surface area (Å²) in [5, 5.41) is 9.10. The molecule has 0 saturated carbocycles. The zero-order valence-corrected chi connectivity index (χ0v) is 9.46. The van der Waals surface area contributed by atoms with Gasteiger partial charge in [-0.3, -0.25) is 5.10 Å². The second-order valence-corrected chi connectivity index (χ2v) is 3.68. The van der Waals surface area contributed by atoms with E-state index in [1.54, 1.807) is 14.0 Å². The molecule has 90 valence electrons. The Kier molecular flexibility index (Phi) is 3.14. The zero-order chi connectivity index (χ0) is 12.4. The van der Waals surface area contributed by atoms with E-state index in [0.29, 0.717) is 11.4 Å². The van der Waals surface area contributed by atoms with E-state index in [1.807, 2.05) is 0 Å². The van der Waals surface area contributed by atoms with Gasteiger partial charge in [-0.1, -0.05) is 6.07 Å². The number of rotatable bonds is 3. The number of benzene rings is 1. The number of aryl methyl sites for hydroxylation is 1. The Morgan fingerprint density at radius 2 is 2.12 bits per heavy atom. The number of halogens is 2. The van der Waals surface area contributed by atoms with Crippen LogP contribution in [0.3, 0.4) is 0 Å². The Labute approximate surface area is 97.1 Å². The molecular formula is C11H12F2N4. The number of nitrogens with zero attached hydrogens (tertiary/aromatic N) is 2. The Balaban J connectivity index is 2.55. The third kappa shape index (κ3) is 2.03. The maximum atomic E-state index is 13.9. The van der Waals surface area contributed by atoms with E-state index in [2.05, 4.69) is 20.5 Å². The molecule has 2 aromatic rings. The Morgan fingerprint density at radius 1 is 1.35 bits per heavy atom. The summed E-state index contributed by atoms with van der Waals surface area (Å²) in [4.78, 5) is 3.91. The summed E-state index contributed by atoms with van der Waals surface area (Å²) in [5.74, 6) is -0.805. The molecule has 1 heterocycles. The van der Waals surface area contributed by atoms with Gasteiger partial charge in [-0.15, -0.1) is 0 Å². The molecule has 0 fully saturated rings.